The second-order valence-corrected chi connectivity index (χ2v) is 9.95. The van der Waals surface area contributed by atoms with Gasteiger partial charge in [0.1, 0.15) is 4.21 Å². The molecule has 1 heterocycles. The lowest BCUT2D eigenvalue weighted by atomic mass is 10.2. The third-order valence-electron chi connectivity index (χ3n) is 2.57. The number of anilines is 2. The first kappa shape index (κ1) is 17.1. The third-order valence-corrected chi connectivity index (χ3v) is 7.38. The Morgan fingerprint density at radius 2 is 1.90 bits per heavy atom. The molecule has 0 fully saturated rings. The van der Waals surface area contributed by atoms with Crippen molar-refractivity contribution in [3.63, 3.8) is 0 Å². The van der Waals surface area contributed by atoms with E-state index in [4.69, 9.17) is 11.6 Å². The Hall–Kier alpha value is -0.280. The number of hydrogen-bond donors (Lipinski definition) is 1. The maximum Gasteiger partial charge on any atom is 0.271 e. The van der Waals surface area contributed by atoms with Gasteiger partial charge in [-0.05, 0) is 40.2 Å². The molecule has 9 heteroatoms. The van der Waals surface area contributed by atoms with Crippen molar-refractivity contribution < 1.29 is 8.42 Å². The van der Waals surface area contributed by atoms with E-state index in [2.05, 4.69) is 36.6 Å². The average molecular weight is 475 g/mol. The van der Waals surface area contributed by atoms with Gasteiger partial charge >= 0.3 is 0 Å². The van der Waals surface area contributed by atoms with Crippen molar-refractivity contribution in [2.45, 2.75) is 4.21 Å². The first-order valence-electron chi connectivity index (χ1n) is 5.65. The molecular weight excluding hydrogens is 464 g/mol. The number of nitrogens with one attached hydrogen (secondary N) is 1. The number of sulfonamides is 1. The highest BCUT2D eigenvalue weighted by atomic mass is 79.9. The predicted octanol–water partition coefficient (Wildman–Crippen LogP) is 4.79. The van der Waals surface area contributed by atoms with Crippen LogP contribution in [0.25, 0.3) is 0 Å². The molecule has 0 unspecified atom stereocenters. The summed E-state index contributed by atoms with van der Waals surface area (Å²) in [6.45, 7) is 0. The lowest BCUT2D eigenvalue weighted by Crippen LogP contribution is -2.16. The molecule has 1 aromatic heterocycles. The summed E-state index contributed by atoms with van der Waals surface area (Å²) in [5, 5.41) is 0.377. The molecule has 0 saturated carbocycles. The summed E-state index contributed by atoms with van der Waals surface area (Å²) in [7, 11) is 0.0125. The van der Waals surface area contributed by atoms with Gasteiger partial charge < -0.3 is 4.90 Å². The van der Waals surface area contributed by atoms with Gasteiger partial charge in [-0.2, -0.15) is 0 Å². The van der Waals surface area contributed by atoms with E-state index < -0.39 is 10.0 Å². The molecule has 0 aliphatic heterocycles. The van der Waals surface area contributed by atoms with Crippen molar-refractivity contribution >= 4 is 76.2 Å². The van der Waals surface area contributed by atoms with E-state index in [1.54, 1.807) is 6.07 Å². The van der Waals surface area contributed by atoms with Crippen LogP contribution in [0.3, 0.4) is 0 Å². The fourth-order valence-corrected chi connectivity index (χ4v) is 5.46. The second-order valence-electron chi connectivity index (χ2n) is 4.35. The number of nitrogens with zero attached hydrogens (tertiary/aromatic N) is 1. The molecule has 0 radical (unpaired) electrons. The van der Waals surface area contributed by atoms with Gasteiger partial charge in [-0.15, -0.1) is 11.3 Å². The Morgan fingerprint density at radius 3 is 2.43 bits per heavy atom. The first-order chi connectivity index (χ1) is 9.70. The SMILES string of the molecule is CN(C)c1ccc(Br)cc1NS(=O)(=O)c1cc(Cl)c(Br)s1. The molecule has 0 spiro atoms. The fraction of sp³-hybridized carbons (Fsp3) is 0.167. The highest BCUT2D eigenvalue weighted by molar-refractivity contribution is 9.11. The van der Waals surface area contributed by atoms with E-state index in [1.807, 2.05) is 31.1 Å². The molecule has 21 heavy (non-hydrogen) atoms. The van der Waals surface area contributed by atoms with Gasteiger partial charge in [0, 0.05) is 18.6 Å². The van der Waals surface area contributed by atoms with Crippen LogP contribution < -0.4 is 9.62 Å². The fourth-order valence-electron chi connectivity index (χ4n) is 1.63. The Bertz CT molecular complexity index is 756. The highest BCUT2D eigenvalue weighted by Crippen LogP contribution is 2.36. The van der Waals surface area contributed by atoms with Gasteiger partial charge in [0.25, 0.3) is 10.0 Å². The molecule has 0 aliphatic carbocycles. The van der Waals surface area contributed by atoms with Crippen LogP contribution in [0.1, 0.15) is 0 Å². The topological polar surface area (TPSA) is 49.4 Å². The third kappa shape index (κ3) is 3.92. The summed E-state index contributed by atoms with van der Waals surface area (Å²) < 4.78 is 29.0. The molecule has 4 nitrogen and oxygen atoms in total. The minimum Gasteiger partial charge on any atom is -0.376 e. The average Bonchev–Trinajstić information content (AvgIpc) is 2.69. The molecule has 2 aromatic rings. The van der Waals surface area contributed by atoms with Crippen molar-refractivity contribution in [2.24, 2.45) is 0 Å². The van der Waals surface area contributed by atoms with Gasteiger partial charge in [-0.25, -0.2) is 8.42 Å². The van der Waals surface area contributed by atoms with E-state index in [-0.39, 0.29) is 4.21 Å². The Labute approximate surface area is 149 Å². The Morgan fingerprint density at radius 1 is 1.24 bits per heavy atom. The minimum atomic E-state index is -3.68. The summed E-state index contributed by atoms with van der Waals surface area (Å²) >= 11 is 13.5. The van der Waals surface area contributed by atoms with Crippen molar-refractivity contribution in [1.82, 2.24) is 0 Å². The number of thiophene rings is 1. The quantitative estimate of drug-likeness (QED) is 0.693. The molecule has 0 amide bonds. The van der Waals surface area contributed by atoms with Crippen molar-refractivity contribution in [3.8, 4) is 0 Å². The molecule has 0 aliphatic rings. The molecule has 0 saturated heterocycles. The van der Waals surface area contributed by atoms with Gasteiger partial charge in [0.15, 0.2) is 0 Å². The highest BCUT2D eigenvalue weighted by Gasteiger charge is 2.21. The number of benzene rings is 1. The molecule has 1 N–H and O–H groups in total. The molecule has 2 rings (SSSR count). The monoisotopic (exact) mass is 472 g/mol. The van der Waals surface area contributed by atoms with Crippen molar-refractivity contribution in [3.05, 3.63) is 37.5 Å². The Balaban J connectivity index is 2.43. The maximum absolute atomic E-state index is 12.4. The Kier molecular flexibility index (Phi) is 5.25. The lowest BCUT2D eigenvalue weighted by molar-refractivity contribution is 0.603. The van der Waals surface area contributed by atoms with Crippen LogP contribution in [0.4, 0.5) is 11.4 Å². The van der Waals surface area contributed by atoms with Crippen LogP contribution in [0.15, 0.2) is 36.7 Å². The van der Waals surface area contributed by atoms with E-state index >= 15 is 0 Å². The van der Waals surface area contributed by atoms with Crippen LogP contribution >= 0.6 is 54.8 Å². The number of halogens is 3. The summed E-state index contributed by atoms with van der Waals surface area (Å²) in [5.74, 6) is 0. The van der Waals surface area contributed by atoms with Crippen LogP contribution in [-0.2, 0) is 10.0 Å². The lowest BCUT2D eigenvalue weighted by Gasteiger charge is -2.18. The summed E-state index contributed by atoms with van der Waals surface area (Å²) in [5.41, 5.74) is 1.26. The van der Waals surface area contributed by atoms with Crippen LogP contribution in [0.5, 0.6) is 0 Å². The number of rotatable bonds is 4. The van der Waals surface area contributed by atoms with Crippen LogP contribution in [0.2, 0.25) is 5.02 Å². The van der Waals surface area contributed by atoms with Crippen molar-refractivity contribution in [1.29, 1.82) is 0 Å². The molecule has 1 aromatic carbocycles. The molecule has 114 valence electrons. The smallest absolute Gasteiger partial charge is 0.271 e. The largest absolute Gasteiger partial charge is 0.376 e. The number of hydrogen-bond acceptors (Lipinski definition) is 4. The second kappa shape index (κ2) is 6.45. The van der Waals surface area contributed by atoms with Gasteiger partial charge in [0.2, 0.25) is 0 Å². The van der Waals surface area contributed by atoms with Gasteiger partial charge in [-0.1, -0.05) is 27.5 Å². The van der Waals surface area contributed by atoms with Gasteiger partial charge in [-0.3, -0.25) is 4.72 Å². The molecular formula is C12H11Br2ClN2O2S2. The normalized spacial score (nSPS) is 11.5. The first-order valence-corrected chi connectivity index (χ1v) is 9.91. The summed E-state index contributed by atoms with van der Waals surface area (Å²) in [4.78, 5) is 1.83. The van der Waals surface area contributed by atoms with Crippen molar-refractivity contribution in [2.75, 3.05) is 23.7 Å². The standard InChI is InChI=1S/C12H11Br2ClN2O2S2/c1-17(2)10-4-3-7(13)5-9(10)16-21(18,19)11-6-8(15)12(14)20-11/h3-6,16H,1-2H3. The van der Waals surface area contributed by atoms with Gasteiger partial charge in [0.05, 0.1) is 20.2 Å². The molecule has 0 bridgehead atoms. The maximum atomic E-state index is 12.4. The van der Waals surface area contributed by atoms with E-state index in [1.165, 1.54) is 6.07 Å². The zero-order valence-electron chi connectivity index (χ0n) is 11.0. The summed E-state index contributed by atoms with van der Waals surface area (Å²) in [6.07, 6.45) is 0. The zero-order valence-corrected chi connectivity index (χ0v) is 16.6. The predicted molar refractivity (Wildman–Crippen MR) is 96.3 cm³/mol. The van der Waals surface area contributed by atoms with Crippen LogP contribution in [-0.4, -0.2) is 22.5 Å². The molecule has 0 atom stereocenters. The zero-order chi connectivity index (χ0) is 15.8. The summed E-state index contributed by atoms with van der Waals surface area (Å²) in [6, 6.07) is 6.83. The van der Waals surface area contributed by atoms with E-state index in [9.17, 15) is 8.42 Å². The minimum absolute atomic E-state index is 0.157. The van der Waals surface area contributed by atoms with E-state index in [0.29, 0.717) is 14.5 Å². The van der Waals surface area contributed by atoms with E-state index in [0.717, 1.165) is 21.5 Å². The van der Waals surface area contributed by atoms with Crippen LogP contribution in [0, 0.1) is 0 Å².